The van der Waals surface area contributed by atoms with Crippen LogP contribution in [-0.2, 0) is 0 Å². The molecule has 0 spiro atoms. The third-order valence-electron chi connectivity index (χ3n) is 2.04. The Hall–Kier alpha value is -1.95. The van der Waals surface area contributed by atoms with E-state index in [1.807, 2.05) is 30.5 Å². The SMILES string of the molecule is CSc1cccc(Nc2nc(C(=O)O)co2)c1. The van der Waals surface area contributed by atoms with E-state index < -0.39 is 5.97 Å². The maximum Gasteiger partial charge on any atom is 0.357 e. The number of nitrogens with zero attached hydrogens (tertiary/aromatic N) is 1. The first-order valence-electron chi connectivity index (χ1n) is 4.79. The number of carbonyl (C=O) groups is 1. The highest BCUT2D eigenvalue weighted by Crippen LogP contribution is 2.21. The Kier molecular flexibility index (Phi) is 3.34. The minimum Gasteiger partial charge on any atom is -0.476 e. The van der Waals surface area contributed by atoms with Crippen molar-refractivity contribution in [2.45, 2.75) is 4.90 Å². The van der Waals surface area contributed by atoms with E-state index in [4.69, 9.17) is 9.52 Å². The summed E-state index contributed by atoms with van der Waals surface area (Å²) >= 11 is 1.62. The molecule has 0 amide bonds. The fourth-order valence-corrected chi connectivity index (χ4v) is 1.71. The predicted octanol–water partition coefficient (Wildman–Crippen LogP) is 2.84. The maximum atomic E-state index is 10.6. The first-order valence-corrected chi connectivity index (χ1v) is 6.01. The molecular formula is C11H10N2O3S. The van der Waals surface area contributed by atoms with Gasteiger partial charge in [-0.25, -0.2) is 4.79 Å². The van der Waals surface area contributed by atoms with Crippen LogP contribution in [-0.4, -0.2) is 22.3 Å². The van der Waals surface area contributed by atoms with Gasteiger partial charge in [-0.15, -0.1) is 11.8 Å². The molecule has 1 aromatic heterocycles. The Balaban J connectivity index is 2.16. The van der Waals surface area contributed by atoms with Crippen molar-refractivity contribution >= 4 is 29.4 Å². The number of nitrogens with one attached hydrogen (secondary N) is 1. The van der Waals surface area contributed by atoms with Crippen LogP contribution in [0.3, 0.4) is 0 Å². The second-order valence-corrected chi connectivity index (χ2v) is 4.08. The number of thioether (sulfide) groups is 1. The molecule has 0 aliphatic rings. The van der Waals surface area contributed by atoms with Gasteiger partial charge in [-0.1, -0.05) is 6.07 Å². The van der Waals surface area contributed by atoms with Gasteiger partial charge in [0.25, 0.3) is 6.01 Å². The highest BCUT2D eigenvalue weighted by atomic mass is 32.2. The van der Waals surface area contributed by atoms with E-state index in [9.17, 15) is 4.79 Å². The summed E-state index contributed by atoms with van der Waals surface area (Å²) < 4.78 is 4.99. The van der Waals surface area contributed by atoms with Gasteiger partial charge < -0.3 is 14.8 Å². The van der Waals surface area contributed by atoms with Gasteiger partial charge in [-0.2, -0.15) is 4.98 Å². The van der Waals surface area contributed by atoms with Crippen LogP contribution < -0.4 is 5.32 Å². The first-order chi connectivity index (χ1) is 8.19. The zero-order chi connectivity index (χ0) is 12.3. The average molecular weight is 250 g/mol. The summed E-state index contributed by atoms with van der Waals surface area (Å²) in [6.07, 6.45) is 3.08. The number of carboxylic acid groups (broad SMARTS) is 1. The normalized spacial score (nSPS) is 10.2. The van der Waals surface area contributed by atoms with Crippen LogP contribution in [0.5, 0.6) is 0 Å². The summed E-state index contributed by atoms with van der Waals surface area (Å²) in [6.45, 7) is 0. The molecule has 1 heterocycles. The van der Waals surface area contributed by atoms with Crippen LogP contribution in [0.25, 0.3) is 0 Å². The van der Waals surface area contributed by atoms with E-state index in [0.717, 1.165) is 16.8 Å². The van der Waals surface area contributed by atoms with Crippen molar-refractivity contribution < 1.29 is 14.3 Å². The minimum absolute atomic E-state index is 0.117. The zero-order valence-corrected chi connectivity index (χ0v) is 9.82. The van der Waals surface area contributed by atoms with Gasteiger partial charge >= 0.3 is 5.97 Å². The number of anilines is 2. The Labute approximate surface area is 102 Å². The Bertz CT molecular complexity index is 539. The zero-order valence-electron chi connectivity index (χ0n) is 9.01. The van der Waals surface area contributed by atoms with Gasteiger partial charge in [0.05, 0.1) is 0 Å². The molecule has 0 fully saturated rings. The van der Waals surface area contributed by atoms with Crippen molar-refractivity contribution in [2.24, 2.45) is 0 Å². The molecule has 0 saturated carbocycles. The molecule has 0 bridgehead atoms. The van der Waals surface area contributed by atoms with Crippen molar-refractivity contribution in [1.29, 1.82) is 0 Å². The van der Waals surface area contributed by atoms with Gasteiger partial charge in [-0.05, 0) is 24.5 Å². The summed E-state index contributed by atoms with van der Waals surface area (Å²) in [4.78, 5) is 15.5. The lowest BCUT2D eigenvalue weighted by atomic mass is 10.3. The number of hydrogen-bond donors (Lipinski definition) is 2. The Morgan fingerprint density at radius 1 is 1.53 bits per heavy atom. The number of carboxylic acids is 1. The quantitative estimate of drug-likeness (QED) is 0.813. The average Bonchev–Trinajstić information content (AvgIpc) is 2.78. The monoisotopic (exact) mass is 250 g/mol. The molecule has 0 unspecified atom stereocenters. The lowest BCUT2D eigenvalue weighted by molar-refractivity contribution is 0.0690. The summed E-state index contributed by atoms with van der Waals surface area (Å²) in [7, 11) is 0. The van der Waals surface area contributed by atoms with E-state index in [-0.39, 0.29) is 11.7 Å². The molecule has 0 aliphatic heterocycles. The van der Waals surface area contributed by atoms with Gasteiger partial charge in [-0.3, -0.25) is 0 Å². The topological polar surface area (TPSA) is 75.4 Å². The van der Waals surface area contributed by atoms with Gasteiger partial charge in [0.1, 0.15) is 6.26 Å². The second-order valence-electron chi connectivity index (χ2n) is 3.20. The Morgan fingerprint density at radius 3 is 3.00 bits per heavy atom. The highest BCUT2D eigenvalue weighted by molar-refractivity contribution is 7.98. The lowest BCUT2D eigenvalue weighted by Crippen LogP contribution is -1.97. The molecule has 5 nitrogen and oxygen atoms in total. The molecule has 0 radical (unpaired) electrons. The number of rotatable bonds is 4. The summed E-state index contributed by atoms with van der Waals surface area (Å²) in [6, 6.07) is 7.82. The van der Waals surface area contributed by atoms with Crippen molar-refractivity contribution in [1.82, 2.24) is 4.98 Å². The van der Waals surface area contributed by atoms with Crippen LogP contribution in [0, 0.1) is 0 Å². The van der Waals surface area contributed by atoms with Crippen LogP contribution in [0.1, 0.15) is 10.5 Å². The fourth-order valence-electron chi connectivity index (χ4n) is 1.25. The van der Waals surface area contributed by atoms with Crippen LogP contribution in [0.4, 0.5) is 11.7 Å². The van der Waals surface area contributed by atoms with Crippen LogP contribution >= 0.6 is 11.8 Å². The summed E-state index contributed by atoms with van der Waals surface area (Å²) in [5.74, 6) is -1.11. The second kappa shape index (κ2) is 4.92. The number of aromatic carboxylic acids is 1. The Morgan fingerprint density at radius 2 is 2.35 bits per heavy atom. The lowest BCUT2D eigenvalue weighted by Gasteiger charge is -2.02. The van der Waals surface area contributed by atoms with Gasteiger partial charge in [0.2, 0.25) is 0 Å². The fraction of sp³-hybridized carbons (Fsp3) is 0.0909. The van der Waals surface area contributed by atoms with E-state index >= 15 is 0 Å². The van der Waals surface area contributed by atoms with Gasteiger partial charge in [0.15, 0.2) is 5.69 Å². The molecule has 6 heteroatoms. The highest BCUT2D eigenvalue weighted by Gasteiger charge is 2.10. The summed E-state index contributed by atoms with van der Waals surface area (Å²) in [5.41, 5.74) is 0.684. The largest absolute Gasteiger partial charge is 0.476 e. The molecule has 2 rings (SSSR count). The third-order valence-corrected chi connectivity index (χ3v) is 2.77. The number of benzene rings is 1. The molecule has 0 saturated heterocycles. The molecule has 1 aromatic carbocycles. The van der Waals surface area contributed by atoms with E-state index in [2.05, 4.69) is 10.3 Å². The van der Waals surface area contributed by atoms with Crippen LogP contribution in [0.15, 0.2) is 39.8 Å². The summed E-state index contributed by atoms with van der Waals surface area (Å²) in [5, 5.41) is 11.6. The molecule has 88 valence electrons. The molecule has 2 aromatic rings. The van der Waals surface area contributed by atoms with Crippen molar-refractivity contribution in [2.75, 3.05) is 11.6 Å². The van der Waals surface area contributed by atoms with Gasteiger partial charge in [0, 0.05) is 10.6 Å². The molecule has 0 aliphatic carbocycles. The van der Waals surface area contributed by atoms with E-state index in [1.54, 1.807) is 11.8 Å². The molecular weight excluding hydrogens is 240 g/mol. The number of hydrogen-bond acceptors (Lipinski definition) is 5. The number of oxazole rings is 1. The van der Waals surface area contributed by atoms with Crippen molar-refractivity contribution in [3.05, 3.63) is 36.2 Å². The van der Waals surface area contributed by atoms with Crippen molar-refractivity contribution in [3.63, 3.8) is 0 Å². The van der Waals surface area contributed by atoms with E-state index in [1.165, 1.54) is 0 Å². The molecule has 17 heavy (non-hydrogen) atoms. The predicted molar refractivity (Wildman–Crippen MR) is 65.0 cm³/mol. The first kappa shape index (κ1) is 11.5. The van der Waals surface area contributed by atoms with E-state index in [0.29, 0.717) is 0 Å². The molecule has 2 N–H and O–H groups in total. The molecule has 0 atom stereocenters. The third kappa shape index (κ3) is 2.79. The number of aromatic nitrogens is 1. The smallest absolute Gasteiger partial charge is 0.357 e. The standard InChI is InChI=1S/C11H10N2O3S/c1-17-8-4-2-3-7(5-8)12-11-13-9(6-16-11)10(14)15/h2-6H,1H3,(H,12,13)(H,14,15). The van der Waals surface area contributed by atoms with Crippen LogP contribution in [0.2, 0.25) is 0 Å². The maximum absolute atomic E-state index is 10.6. The minimum atomic E-state index is -1.11. The van der Waals surface area contributed by atoms with Crippen molar-refractivity contribution in [3.8, 4) is 0 Å².